The van der Waals surface area contributed by atoms with Crippen LogP contribution >= 0.6 is 0 Å². The molecule has 0 saturated carbocycles. The molecule has 0 bridgehead atoms. The third-order valence-corrected chi connectivity index (χ3v) is 5.74. The first kappa shape index (κ1) is 23.0. The van der Waals surface area contributed by atoms with Crippen LogP contribution in [0.2, 0.25) is 0 Å². The van der Waals surface area contributed by atoms with E-state index in [2.05, 4.69) is 9.71 Å². The van der Waals surface area contributed by atoms with E-state index in [4.69, 9.17) is 10.5 Å². The largest absolute Gasteiger partial charge is 0.444 e. The minimum Gasteiger partial charge on any atom is -0.444 e. The molecule has 1 aliphatic heterocycles. The van der Waals surface area contributed by atoms with Crippen molar-refractivity contribution in [2.24, 2.45) is 10.7 Å². The fourth-order valence-corrected chi connectivity index (χ4v) is 3.72. The molecule has 0 atom stereocenters. The number of carbonyl (C=O) groups is 1. The Morgan fingerprint density at radius 2 is 1.69 bits per heavy atom. The van der Waals surface area contributed by atoms with Gasteiger partial charge in [0.15, 0.2) is 5.96 Å². The number of nitrogens with one attached hydrogen (secondary N) is 1. The number of nitrogens with two attached hydrogens (primary N) is 1. The number of carbonyl (C=O) groups excluding carboxylic acids is 1. The van der Waals surface area contributed by atoms with Crippen LogP contribution in [0.4, 0.5) is 4.79 Å². The van der Waals surface area contributed by atoms with E-state index in [1.165, 1.54) is 0 Å². The Kier molecular flexibility index (Phi) is 7.48. The topological polar surface area (TPSA) is 117 Å². The lowest BCUT2D eigenvalue weighted by atomic mass is 10.2. The first-order valence-corrected chi connectivity index (χ1v) is 11.1. The number of rotatable bonds is 5. The van der Waals surface area contributed by atoms with Crippen molar-refractivity contribution in [1.29, 1.82) is 0 Å². The van der Waals surface area contributed by atoms with Gasteiger partial charge in [0.25, 0.3) is 0 Å². The number of nitrogens with zero attached hydrogens (tertiary/aromatic N) is 3. The number of ether oxygens (including phenoxy) is 1. The smallest absolute Gasteiger partial charge is 0.410 e. The van der Waals surface area contributed by atoms with Gasteiger partial charge in [-0.2, -0.15) is 0 Å². The second-order valence-electron chi connectivity index (χ2n) is 7.91. The van der Waals surface area contributed by atoms with Crippen molar-refractivity contribution in [3.8, 4) is 0 Å². The number of benzene rings is 1. The van der Waals surface area contributed by atoms with Gasteiger partial charge in [-0.3, -0.25) is 4.99 Å². The Balaban J connectivity index is 1.78. The highest BCUT2D eigenvalue weighted by Crippen LogP contribution is 2.12. The highest BCUT2D eigenvalue weighted by molar-refractivity contribution is 7.89. The summed E-state index contributed by atoms with van der Waals surface area (Å²) < 4.78 is 32.4. The lowest BCUT2D eigenvalue weighted by Gasteiger charge is -2.36. The Labute approximate surface area is 173 Å². The molecule has 1 fully saturated rings. The zero-order valence-electron chi connectivity index (χ0n) is 17.5. The van der Waals surface area contributed by atoms with Crippen LogP contribution in [0.5, 0.6) is 0 Å². The summed E-state index contributed by atoms with van der Waals surface area (Å²) >= 11 is 0. The van der Waals surface area contributed by atoms with Gasteiger partial charge in [-0.25, -0.2) is 17.9 Å². The molecule has 29 heavy (non-hydrogen) atoms. The summed E-state index contributed by atoms with van der Waals surface area (Å²) in [6.07, 6.45) is -0.335. The van der Waals surface area contributed by atoms with Crippen LogP contribution in [0.1, 0.15) is 26.3 Å². The normalized spacial score (nSPS) is 16.1. The number of guanidine groups is 1. The van der Waals surface area contributed by atoms with E-state index in [-0.39, 0.29) is 24.1 Å². The van der Waals surface area contributed by atoms with E-state index in [1.807, 2.05) is 32.6 Å². The fraction of sp³-hybridized carbons (Fsp3) is 0.579. The van der Waals surface area contributed by atoms with Gasteiger partial charge in [0, 0.05) is 32.7 Å². The SMILES string of the molecule is Cc1ccc(S(=O)(=O)NCCN=C(N)N2CCN(C(=O)OC(C)(C)C)CC2)cc1. The van der Waals surface area contributed by atoms with E-state index in [0.29, 0.717) is 32.1 Å². The van der Waals surface area contributed by atoms with Crippen molar-refractivity contribution in [1.82, 2.24) is 14.5 Å². The molecular weight excluding hydrogens is 394 g/mol. The molecule has 0 aliphatic carbocycles. The van der Waals surface area contributed by atoms with Crippen molar-refractivity contribution in [2.75, 3.05) is 39.3 Å². The van der Waals surface area contributed by atoms with Gasteiger partial charge in [0.2, 0.25) is 10.0 Å². The number of hydrogen-bond donors (Lipinski definition) is 2. The van der Waals surface area contributed by atoms with E-state index < -0.39 is 15.6 Å². The zero-order valence-corrected chi connectivity index (χ0v) is 18.3. The zero-order chi connectivity index (χ0) is 21.7. The second-order valence-corrected chi connectivity index (χ2v) is 9.67. The molecule has 1 heterocycles. The van der Waals surface area contributed by atoms with Crippen LogP contribution in [0.15, 0.2) is 34.2 Å². The minimum atomic E-state index is -3.56. The highest BCUT2D eigenvalue weighted by atomic mass is 32.2. The van der Waals surface area contributed by atoms with Crippen LogP contribution in [0.3, 0.4) is 0 Å². The summed E-state index contributed by atoms with van der Waals surface area (Å²) in [5.74, 6) is 0.336. The minimum absolute atomic E-state index is 0.148. The maximum Gasteiger partial charge on any atom is 0.410 e. The summed E-state index contributed by atoms with van der Waals surface area (Å²) in [5.41, 5.74) is 6.48. The van der Waals surface area contributed by atoms with Gasteiger partial charge in [-0.1, -0.05) is 17.7 Å². The summed E-state index contributed by atoms with van der Waals surface area (Å²) in [7, 11) is -3.56. The van der Waals surface area contributed by atoms with Gasteiger partial charge in [-0.05, 0) is 39.8 Å². The molecule has 2 rings (SSSR count). The predicted octanol–water partition coefficient (Wildman–Crippen LogP) is 1.14. The molecule has 9 nitrogen and oxygen atoms in total. The lowest BCUT2D eigenvalue weighted by molar-refractivity contribution is 0.0186. The molecular formula is C19H31N5O4S. The Hall–Kier alpha value is -2.33. The first-order chi connectivity index (χ1) is 13.5. The van der Waals surface area contributed by atoms with Crippen molar-refractivity contribution in [3.05, 3.63) is 29.8 Å². The molecule has 10 heteroatoms. The maximum atomic E-state index is 12.2. The summed E-state index contributed by atoms with van der Waals surface area (Å²) in [6.45, 7) is 9.84. The Bertz CT molecular complexity index is 823. The van der Waals surface area contributed by atoms with Gasteiger partial charge >= 0.3 is 6.09 Å². The quantitative estimate of drug-likeness (QED) is 0.415. The van der Waals surface area contributed by atoms with Crippen LogP contribution in [-0.4, -0.2) is 75.1 Å². The fourth-order valence-electron chi connectivity index (χ4n) is 2.70. The number of sulfonamides is 1. The van der Waals surface area contributed by atoms with Crippen molar-refractivity contribution >= 4 is 22.1 Å². The monoisotopic (exact) mass is 425 g/mol. The van der Waals surface area contributed by atoms with Gasteiger partial charge in [0.05, 0.1) is 11.4 Å². The molecule has 1 aliphatic rings. The van der Waals surface area contributed by atoms with E-state index >= 15 is 0 Å². The van der Waals surface area contributed by atoms with E-state index in [0.717, 1.165) is 5.56 Å². The molecule has 1 saturated heterocycles. The second kappa shape index (κ2) is 9.45. The van der Waals surface area contributed by atoms with Gasteiger partial charge in [-0.15, -0.1) is 0 Å². The summed E-state index contributed by atoms with van der Waals surface area (Å²) in [4.78, 5) is 20.1. The Morgan fingerprint density at radius 3 is 2.24 bits per heavy atom. The third-order valence-electron chi connectivity index (χ3n) is 4.26. The van der Waals surface area contributed by atoms with Crippen LogP contribution in [0.25, 0.3) is 0 Å². The molecule has 1 aromatic carbocycles. The van der Waals surface area contributed by atoms with E-state index in [1.54, 1.807) is 29.2 Å². The number of aliphatic imine (C=N–C) groups is 1. The van der Waals surface area contributed by atoms with Crippen LogP contribution in [0, 0.1) is 6.92 Å². The molecule has 0 aromatic heterocycles. The first-order valence-electron chi connectivity index (χ1n) is 9.57. The Morgan fingerprint density at radius 1 is 1.14 bits per heavy atom. The van der Waals surface area contributed by atoms with E-state index in [9.17, 15) is 13.2 Å². The highest BCUT2D eigenvalue weighted by Gasteiger charge is 2.26. The molecule has 1 amide bonds. The molecule has 0 unspecified atom stereocenters. The van der Waals surface area contributed by atoms with Crippen LogP contribution in [-0.2, 0) is 14.8 Å². The number of piperazine rings is 1. The molecule has 162 valence electrons. The average molecular weight is 426 g/mol. The summed E-state index contributed by atoms with van der Waals surface area (Å²) in [6, 6.07) is 6.64. The number of hydrogen-bond acceptors (Lipinski definition) is 5. The van der Waals surface area contributed by atoms with Crippen LogP contribution < -0.4 is 10.5 Å². The van der Waals surface area contributed by atoms with Crippen molar-refractivity contribution in [2.45, 2.75) is 38.2 Å². The third kappa shape index (κ3) is 7.21. The molecule has 1 aromatic rings. The number of aryl methyl sites for hydroxylation is 1. The number of amides is 1. The van der Waals surface area contributed by atoms with Crippen molar-refractivity contribution in [3.63, 3.8) is 0 Å². The standard InChI is InChI=1S/C19H31N5O4S/c1-15-5-7-16(8-6-15)29(26,27)22-10-9-21-17(20)23-11-13-24(14-12-23)18(25)28-19(2,3)4/h5-8,22H,9-14H2,1-4H3,(H2,20,21). The van der Waals surface area contributed by atoms with Crippen molar-refractivity contribution < 1.29 is 17.9 Å². The average Bonchev–Trinajstić information content (AvgIpc) is 2.64. The molecule has 0 radical (unpaired) electrons. The van der Waals surface area contributed by atoms with Gasteiger partial charge < -0.3 is 20.3 Å². The summed E-state index contributed by atoms with van der Waals surface area (Å²) in [5, 5.41) is 0. The predicted molar refractivity (Wildman–Crippen MR) is 112 cm³/mol. The molecule has 3 N–H and O–H groups in total. The maximum absolute atomic E-state index is 12.2. The molecule has 0 spiro atoms. The van der Waals surface area contributed by atoms with Gasteiger partial charge in [0.1, 0.15) is 5.60 Å². The lowest BCUT2D eigenvalue weighted by Crippen LogP contribution is -2.53.